The highest BCUT2D eigenvalue weighted by molar-refractivity contribution is 9.10. The Morgan fingerprint density at radius 3 is 2.43 bits per heavy atom. The SMILES string of the molecule is CCOC(=O)c1ccc(NC(=O)/C(C#N)=C/c2ccc(OCc3ccc4ccccc4c3)c(Br)c2)cc1. The first-order chi connectivity index (χ1) is 18.0. The second kappa shape index (κ2) is 12.0. The molecule has 0 fully saturated rings. The summed E-state index contributed by atoms with van der Waals surface area (Å²) in [7, 11) is 0. The van der Waals surface area contributed by atoms with Gasteiger partial charge in [-0.3, -0.25) is 4.79 Å². The molecule has 0 aliphatic rings. The van der Waals surface area contributed by atoms with Gasteiger partial charge < -0.3 is 14.8 Å². The van der Waals surface area contributed by atoms with Crippen LogP contribution in [0.3, 0.4) is 0 Å². The Labute approximate surface area is 223 Å². The van der Waals surface area contributed by atoms with Gasteiger partial charge in [0.1, 0.15) is 24.0 Å². The van der Waals surface area contributed by atoms with Crippen LogP contribution in [-0.4, -0.2) is 18.5 Å². The van der Waals surface area contributed by atoms with Gasteiger partial charge in [0.25, 0.3) is 5.91 Å². The second-order valence-corrected chi connectivity index (χ2v) is 8.94. The fourth-order valence-corrected chi connectivity index (χ4v) is 4.14. The normalized spacial score (nSPS) is 11.0. The van der Waals surface area contributed by atoms with Crippen molar-refractivity contribution >= 4 is 50.3 Å². The summed E-state index contributed by atoms with van der Waals surface area (Å²) in [6, 6.07) is 27.9. The van der Waals surface area contributed by atoms with Crippen molar-refractivity contribution < 1.29 is 19.1 Å². The smallest absolute Gasteiger partial charge is 0.338 e. The quantitative estimate of drug-likeness (QED) is 0.145. The van der Waals surface area contributed by atoms with Crippen molar-refractivity contribution in [2.75, 3.05) is 11.9 Å². The van der Waals surface area contributed by atoms with Crippen LogP contribution in [0.5, 0.6) is 5.75 Å². The van der Waals surface area contributed by atoms with Crippen LogP contribution in [0.1, 0.15) is 28.4 Å². The number of nitrogens with one attached hydrogen (secondary N) is 1. The van der Waals surface area contributed by atoms with E-state index in [0.29, 0.717) is 33.6 Å². The van der Waals surface area contributed by atoms with Crippen LogP contribution in [0, 0.1) is 11.3 Å². The van der Waals surface area contributed by atoms with E-state index in [-0.39, 0.29) is 12.2 Å². The van der Waals surface area contributed by atoms with Crippen LogP contribution in [0.25, 0.3) is 16.8 Å². The van der Waals surface area contributed by atoms with Crippen LogP contribution < -0.4 is 10.1 Å². The molecular weight excluding hydrogens is 532 g/mol. The Kier molecular flexibility index (Phi) is 8.34. The van der Waals surface area contributed by atoms with Crippen LogP contribution in [0.15, 0.2) is 95.0 Å². The fraction of sp³-hybridized carbons (Fsp3) is 0.100. The number of amides is 1. The van der Waals surface area contributed by atoms with Crippen molar-refractivity contribution in [3.63, 3.8) is 0 Å². The number of esters is 1. The van der Waals surface area contributed by atoms with E-state index in [2.05, 4.69) is 45.5 Å². The van der Waals surface area contributed by atoms with Gasteiger partial charge in [0.15, 0.2) is 0 Å². The number of nitrogens with zero attached hydrogens (tertiary/aromatic N) is 1. The summed E-state index contributed by atoms with van der Waals surface area (Å²) < 4.78 is 11.6. The number of halogens is 1. The van der Waals surface area contributed by atoms with E-state index in [1.54, 1.807) is 49.4 Å². The first-order valence-corrected chi connectivity index (χ1v) is 12.4. The molecule has 0 radical (unpaired) electrons. The molecular formula is C30H23BrN2O4. The molecule has 0 atom stereocenters. The summed E-state index contributed by atoms with van der Waals surface area (Å²) in [5.41, 5.74) is 2.48. The highest BCUT2D eigenvalue weighted by atomic mass is 79.9. The van der Waals surface area contributed by atoms with Crippen LogP contribution in [0.4, 0.5) is 5.69 Å². The maximum absolute atomic E-state index is 12.6. The van der Waals surface area contributed by atoms with Gasteiger partial charge in [0, 0.05) is 5.69 Å². The molecule has 37 heavy (non-hydrogen) atoms. The molecule has 0 bridgehead atoms. The van der Waals surface area contributed by atoms with Gasteiger partial charge in [0.05, 0.1) is 16.6 Å². The molecule has 4 aromatic rings. The first kappa shape index (κ1) is 25.7. The van der Waals surface area contributed by atoms with Crippen molar-refractivity contribution in [3.8, 4) is 11.8 Å². The van der Waals surface area contributed by atoms with Gasteiger partial charge in [0.2, 0.25) is 0 Å². The van der Waals surface area contributed by atoms with Crippen molar-refractivity contribution in [3.05, 3.63) is 112 Å². The molecule has 4 aromatic carbocycles. The Morgan fingerprint density at radius 2 is 1.73 bits per heavy atom. The number of anilines is 1. The summed E-state index contributed by atoms with van der Waals surface area (Å²) in [5, 5.41) is 14.5. The van der Waals surface area contributed by atoms with E-state index < -0.39 is 11.9 Å². The zero-order valence-electron chi connectivity index (χ0n) is 20.0. The summed E-state index contributed by atoms with van der Waals surface area (Å²) in [6.45, 7) is 2.41. The van der Waals surface area contributed by atoms with Gasteiger partial charge in [-0.1, -0.05) is 42.5 Å². The van der Waals surface area contributed by atoms with E-state index in [0.717, 1.165) is 10.9 Å². The Bertz CT molecular complexity index is 1520. The number of carbonyl (C=O) groups is 2. The van der Waals surface area contributed by atoms with Crippen molar-refractivity contribution in [2.45, 2.75) is 13.5 Å². The van der Waals surface area contributed by atoms with E-state index in [9.17, 15) is 14.9 Å². The molecule has 0 saturated heterocycles. The highest BCUT2D eigenvalue weighted by Crippen LogP contribution is 2.28. The number of hydrogen-bond donors (Lipinski definition) is 1. The van der Waals surface area contributed by atoms with Gasteiger partial charge in [-0.25, -0.2) is 4.79 Å². The number of ether oxygens (including phenoxy) is 2. The lowest BCUT2D eigenvalue weighted by Crippen LogP contribution is -2.13. The third-order valence-electron chi connectivity index (χ3n) is 5.49. The van der Waals surface area contributed by atoms with E-state index in [1.807, 2.05) is 24.3 Å². The Morgan fingerprint density at radius 1 is 0.973 bits per heavy atom. The lowest BCUT2D eigenvalue weighted by Gasteiger charge is -2.10. The molecule has 0 aromatic heterocycles. The van der Waals surface area contributed by atoms with Gasteiger partial charge >= 0.3 is 5.97 Å². The van der Waals surface area contributed by atoms with Crippen LogP contribution in [0.2, 0.25) is 0 Å². The summed E-state index contributed by atoms with van der Waals surface area (Å²) in [4.78, 5) is 24.4. The predicted octanol–water partition coefficient (Wildman–Crippen LogP) is 6.90. The number of hydrogen-bond acceptors (Lipinski definition) is 5. The molecule has 6 nitrogen and oxygen atoms in total. The fourth-order valence-electron chi connectivity index (χ4n) is 3.63. The largest absolute Gasteiger partial charge is 0.488 e. The molecule has 0 aliphatic carbocycles. The highest BCUT2D eigenvalue weighted by Gasteiger charge is 2.12. The molecule has 0 heterocycles. The summed E-state index contributed by atoms with van der Waals surface area (Å²) in [5.74, 6) is -0.345. The summed E-state index contributed by atoms with van der Waals surface area (Å²) in [6.07, 6.45) is 1.50. The number of rotatable bonds is 8. The summed E-state index contributed by atoms with van der Waals surface area (Å²) >= 11 is 3.52. The van der Waals surface area contributed by atoms with Crippen molar-refractivity contribution in [2.24, 2.45) is 0 Å². The minimum atomic E-state index is -0.556. The molecule has 0 spiro atoms. The van der Waals surface area contributed by atoms with Crippen LogP contribution >= 0.6 is 15.9 Å². The lowest BCUT2D eigenvalue weighted by molar-refractivity contribution is -0.112. The van der Waals surface area contributed by atoms with Crippen molar-refractivity contribution in [1.82, 2.24) is 0 Å². The molecule has 4 rings (SSSR count). The standard InChI is InChI=1S/C30H23BrN2O4/c1-2-36-30(35)23-10-12-26(13-11-23)33-29(34)25(18-32)15-20-8-14-28(27(31)17-20)37-19-21-7-9-22-5-3-4-6-24(22)16-21/h3-17H,2,19H2,1H3,(H,33,34)/b25-15+. The average Bonchev–Trinajstić information content (AvgIpc) is 2.91. The zero-order valence-corrected chi connectivity index (χ0v) is 21.6. The first-order valence-electron chi connectivity index (χ1n) is 11.6. The van der Waals surface area contributed by atoms with E-state index >= 15 is 0 Å². The average molecular weight is 555 g/mol. The number of benzene rings is 4. The molecule has 7 heteroatoms. The van der Waals surface area contributed by atoms with Gasteiger partial charge in [-0.05, 0) is 93.3 Å². The van der Waals surface area contributed by atoms with Crippen molar-refractivity contribution in [1.29, 1.82) is 5.26 Å². The number of nitriles is 1. The lowest BCUT2D eigenvalue weighted by atomic mass is 10.1. The van der Waals surface area contributed by atoms with E-state index in [4.69, 9.17) is 9.47 Å². The third-order valence-corrected chi connectivity index (χ3v) is 6.11. The predicted molar refractivity (Wildman–Crippen MR) is 147 cm³/mol. The van der Waals surface area contributed by atoms with Crippen LogP contribution in [-0.2, 0) is 16.1 Å². The second-order valence-electron chi connectivity index (χ2n) is 8.08. The third kappa shape index (κ3) is 6.63. The van der Waals surface area contributed by atoms with E-state index in [1.165, 1.54) is 11.5 Å². The number of carbonyl (C=O) groups excluding carboxylic acids is 2. The molecule has 0 aliphatic heterocycles. The minimum absolute atomic E-state index is 0.0637. The molecule has 184 valence electrons. The molecule has 1 N–H and O–H groups in total. The molecule has 1 amide bonds. The topological polar surface area (TPSA) is 88.4 Å². The van der Waals surface area contributed by atoms with Gasteiger partial charge in [-0.2, -0.15) is 5.26 Å². The monoisotopic (exact) mass is 554 g/mol. The molecule has 0 unspecified atom stereocenters. The maximum atomic E-state index is 12.6. The maximum Gasteiger partial charge on any atom is 0.338 e. The zero-order chi connectivity index (χ0) is 26.2. The Hall–Kier alpha value is -4.41. The Balaban J connectivity index is 1.41. The number of fused-ring (bicyclic) bond motifs is 1. The minimum Gasteiger partial charge on any atom is -0.488 e. The molecule has 0 saturated carbocycles. The van der Waals surface area contributed by atoms with Gasteiger partial charge in [-0.15, -0.1) is 0 Å².